The lowest BCUT2D eigenvalue weighted by Gasteiger charge is -2.22. The lowest BCUT2D eigenvalue weighted by atomic mass is 10.2. The second-order valence-corrected chi connectivity index (χ2v) is 6.16. The third kappa shape index (κ3) is 5.09. The summed E-state index contributed by atoms with van der Waals surface area (Å²) in [7, 11) is 0. The van der Waals surface area contributed by atoms with Crippen molar-refractivity contribution in [2.45, 2.75) is 26.1 Å². The summed E-state index contributed by atoms with van der Waals surface area (Å²) >= 11 is 6.03. The molecule has 1 heterocycles. The first-order valence-corrected chi connectivity index (χ1v) is 8.07. The summed E-state index contributed by atoms with van der Waals surface area (Å²) in [4.78, 5) is 25.8. The molecule has 0 unspecified atom stereocenters. The Bertz CT molecular complexity index is 608. The number of aliphatic hydroxyl groups is 1. The monoisotopic (exact) mass is 356 g/mol. The molecule has 1 saturated heterocycles. The van der Waals surface area contributed by atoms with E-state index in [0.29, 0.717) is 18.8 Å². The number of nitrogens with one attached hydrogen (secondary N) is 1. The molecule has 0 radical (unpaired) electrons. The van der Waals surface area contributed by atoms with Gasteiger partial charge in [0.15, 0.2) is 0 Å². The van der Waals surface area contributed by atoms with Gasteiger partial charge in [-0.1, -0.05) is 11.6 Å². The van der Waals surface area contributed by atoms with Gasteiger partial charge in [0.25, 0.3) is 0 Å². The van der Waals surface area contributed by atoms with Gasteiger partial charge in [-0.05, 0) is 32.0 Å². The predicted molar refractivity (Wildman–Crippen MR) is 89.4 cm³/mol. The van der Waals surface area contributed by atoms with Crippen molar-refractivity contribution in [3.05, 3.63) is 28.8 Å². The van der Waals surface area contributed by atoms with Crippen molar-refractivity contribution in [1.82, 2.24) is 4.90 Å². The van der Waals surface area contributed by atoms with Crippen LogP contribution in [-0.2, 0) is 9.47 Å². The number of carbonyl (C=O) groups is 2. The van der Waals surface area contributed by atoms with E-state index in [2.05, 4.69) is 5.32 Å². The average Bonchev–Trinajstić information content (AvgIpc) is 2.73. The van der Waals surface area contributed by atoms with E-state index in [9.17, 15) is 14.7 Å². The van der Waals surface area contributed by atoms with Crippen molar-refractivity contribution in [1.29, 1.82) is 0 Å². The van der Waals surface area contributed by atoms with Crippen LogP contribution in [0.1, 0.15) is 24.2 Å². The molecule has 1 aliphatic rings. The molecule has 1 aromatic carbocycles. The first-order valence-electron chi connectivity index (χ1n) is 7.69. The number of hydrogen-bond donors (Lipinski definition) is 2. The number of amides is 2. The van der Waals surface area contributed by atoms with Crippen LogP contribution in [0.4, 0.5) is 10.5 Å². The van der Waals surface area contributed by atoms with E-state index < -0.39 is 12.1 Å². The fraction of sp³-hybridized carbons (Fsp3) is 0.500. The van der Waals surface area contributed by atoms with Gasteiger partial charge in [0, 0.05) is 12.2 Å². The minimum absolute atomic E-state index is 0.182. The first kappa shape index (κ1) is 18.5. The van der Waals surface area contributed by atoms with Gasteiger partial charge in [-0.2, -0.15) is 0 Å². The molecule has 8 heteroatoms. The van der Waals surface area contributed by atoms with E-state index in [4.69, 9.17) is 21.1 Å². The number of anilines is 1. The van der Waals surface area contributed by atoms with Crippen LogP contribution in [0.25, 0.3) is 0 Å². The maximum Gasteiger partial charge on any atom is 0.339 e. The number of benzene rings is 1. The van der Waals surface area contributed by atoms with E-state index in [1.54, 1.807) is 19.9 Å². The van der Waals surface area contributed by atoms with Crippen LogP contribution < -0.4 is 5.32 Å². The summed E-state index contributed by atoms with van der Waals surface area (Å²) < 4.78 is 10.3. The zero-order valence-electron chi connectivity index (χ0n) is 13.6. The second kappa shape index (κ2) is 8.32. The van der Waals surface area contributed by atoms with Crippen LogP contribution in [0.2, 0.25) is 5.02 Å². The van der Waals surface area contributed by atoms with Crippen LogP contribution in [-0.4, -0.2) is 60.5 Å². The molecule has 7 nitrogen and oxygen atoms in total. The zero-order valence-corrected chi connectivity index (χ0v) is 14.4. The van der Waals surface area contributed by atoms with Crippen molar-refractivity contribution in [2.75, 3.05) is 31.6 Å². The zero-order chi connectivity index (χ0) is 17.7. The number of halogens is 1. The smallest absolute Gasteiger partial charge is 0.339 e. The number of hydrogen-bond acceptors (Lipinski definition) is 5. The van der Waals surface area contributed by atoms with Crippen molar-refractivity contribution >= 4 is 29.3 Å². The molecule has 0 spiro atoms. The number of carbonyl (C=O) groups excluding carboxylic acids is 2. The van der Waals surface area contributed by atoms with Crippen LogP contribution in [0.3, 0.4) is 0 Å². The highest BCUT2D eigenvalue weighted by atomic mass is 35.5. The molecule has 1 aliphatic heterocycles. The largest absolute Gasteiger partial charge is 0.459 e. The molecule has 2 N–H and O–H groups in total. The molecule has 132 valence electrons. The topological polar surface area (TPSA) is 88.1 Å². The molecule has 1 atom stereocenters. The van der Waals surface area contributed by atoms with Crippen molar-refractivity contribution in [2.24, 2.45) is 0 Å². The molecule has 0 aromatic heterocycles. The van der Waals surface area contributed by atoms with Crippen molar-refractivity contribution in [3.8, 4) is 0 Å². The van der Waals surface area contributed by atoms with Crippen LogP contribution in [0, 0.1) is 0 Å². The maximum absolute atomic E-state index is 12.3. The first-order chi connectivity index (χ1) is 11.4. The molecule has 1 fully saturated rings. The predicted octanol–water partition coefficient (Wildman–Crippen LogP) is 2.13. The van der Waals surface area contributed by atoms with Gasteiger partial charge in [0.05, 0.1) is 42.6 Å². The Morgan fingerprint density at radius 2 is 2.21 bits per heavy atom. The van der Waals surface area contributed by atoms with Crippen LogP contribution in [0.5, 0.6) is 0 Å². The lowest BCUT2D eigenvalue weighted by Crippen LogP contribution is -2.40. The highest BCUT2D eigenvalue weighted by molar-refractivity contribution is 6.33. The van der Waals surface area contributed by atoms with Crippen LogP contribution in [0.15, 0.2) is 18.2 Å². The van der Waals surface area contributed by atoms with Gasteiger partial charge in [0.2, 0.25) is 0 Å². The highest BCUT2D eigenvalue weighted by Gasteiger charge is 2.21. The van der Waals surface area contributed by atoms with Crippen molar-refractivity contribution in [3.63, 3.8) is 0 Å². The fourth-order valence-electron chi connectivity index (χ4n) is 2.22. The number of aliphatic hydroxyl groups excluding tert-OH is 1. The molecular weight excluding hydrogens is 336 g/mol. The van der Waals surface area contributed by atoms with E-state index >= 15 is 0 Å². The van der Waals surface area contributed by atoms with E-state index in [1.165, 1.54) is 17.0 Å². The average molecular weight is 357 g/mol. The number of β-amino-alcohol motifs (C(OH)–C–C–N with tert-alkyl or cyclic N) is 1. The molecule has 0 aliphatic carbocycles. The third-order valence-electron chi connectivity index (χ3n) is 3.31. The summed E-state index contributed by atoms with van der Waals surface area (Å²) in [6.45, 7) is 4.60. The second-order valence-electron chi connectivity index (χ2n) is 5.75. The summed E-state index contributed by atoms with van der Waals surface area (Å²) in [6, 6.07) is 4.20. The number of nitrogens with zero attached hydrogens (tertiary/aromatic N) is 1. The quantitative estimate of drug-likeness (QED) is 0.810. The fourth-order valence-corrected chi connectivity index (χ4v) is 2.41. The van der Waals surface area contributed by atoms with Gasteiger partial charge in [-0.15, -0.1) is 0 Å². The Balaban J connectivity index is 2.09. The van der Waals surface area contributed by atoms with Gasteiger partial charge >= 0.3 is 12.0 Å². The molecule has 0 bridgehead atoms. The van der Waals surface area contributed by atoms with E-state index in [1.807, 2.05) is 0 Å². The molecule has 1 aromatic rings. The summed E-state index contributed by atoms with van der Waals surface area (Å²) in [5.41, 5.74) is 0.599. The minimum atomic E-state index is -0.722. The van der Waals surface area contributed by atoms with Crippen molar-refractivity contribution < 1.29 is 24.2 Å². The number of rotatable bonds is 3. The van der Waals surface area contributed by atoms with Gasteiger partial charge in [-0.25, -0.2) is 9.59 Å². The third-order valence-corrected chi connectivity index (χ3v) is 3.64. The Morgan fingerprint density at radius 1 is 1.46 bits per heavy atom. The Hall–Kier alpha value is -1.83. The standard InChI is InChI=1S/C16H21ClN2O5/c1-10(2)24-15(21)13-7-11(3-4-14(13)17)18-16(22)19-5-6-23-9-12(20)8-19/h3-4,7,10,12,20H,5-6,8-9H2,1-2H3,(H,18,22)/t12-/m0/s1. The molecular formula is C16H21ClN2O5. The van der Waals surface area contributed by atoms with Gasteiger partial charge in [-0.3, -0.25) is 0 Å². The minimum Gasteiger partial charge on any atom is -0.459 e. The Labute approximate surface area is 145 Å². The van der Waals surface area contributed by atoms with Gasteiger partial charge in [0.1, 0.15) is 0 Å². The SMILES string of the molecule is CC(C)OC(=O)c1cc(NC(=O)N2CCOC[C@@H](O)C2)ccc1Cl. The molecule has 24 heavy (non-hydrogen) atoms. The number of esters is 1. The molecule has 2 amide bonds. The summed E-state index contributed by atoms with van der Waals surface area (Å²) in [5.74, 6) is -0.551. The normalized spacial score (nSPS) is 18.2. The van der Waals surface area contributed by atoms with E-state index in [-0.39, 0.29) is 35.9 Å². The maximum atomic E-state index is 12.3. The molecule has 0 saturated carbocycles. The highest BCUT2D eigenvalue weighted by Crippen LogP contribution is 2.22. The van der Waals surface area contributed by atoms with Gasteiger partial charge < -0.3 is 24.8 Å². The molecule has 2 rings (SSSR count). The number of ether oxygens (including phenoxy) is 2. The lowest BCUT2D eigenvalue weighted by molar-refractivity contribution is 0.0378. The van der Waals surface area contributed by atoms with Crippen LogP contribution >= 0.6 is 11.6 Å². The van der Waals surface area contributed by atoms with E-state index in [0.717, 1.165) is 0 Å². The Kier molecular flexibility index (Phi) is 6.42. The summed E-state index contributed by atoms with van der Waals surface area (Å²) in [5, 5.41) is 12.6. The number of urea groups is 1. The Morgan fingerprint density at radius 3 is 2.92 bits per heavy atom. The summed E-state index contributed by atoms with van der Waals surface area (Å²) in [6.07, 6.45) is -0.995.